The quantitative estimate of drug-likeness (QED) is 0.771. The van der Waals surface area contributed by atoms with Crippen molar-refractivity contribution in [3.05, 3.63) is 53.2 Å². The van der Waals surface area contributed by atoms with Crippen LogP contribution in [0.5, 0.6) is 5.75 Å². The molecular weight excluding hydrogens is 350 g/mol. The molecule has 0 radical (unpaired) electrons. The molecule has 3 rings (SSSR count). The van der Waals surface area contributed by atoms with Gasteiger partial charge in [-0.3, -0.25) is 4.79 Å². The van der Waals surface area contributed by atoms with E-state index in [9.17, 15) is 4.79 Å². The van der Waals surface area contributed by atoms with Gasteiger partial charge in [0.1, 0.15) is 18.2 Å². The van der Waals surface area contributed by atoms with Gasteiger partial charge in [0.2, 0.25) is 0 Å². The number of pyridine rings is 1. The number of halogens is 1. The first kappa shape index (κ1) is 18.5. The lowest BCUT2D eigenvalue weighted by molar-refractivity contribution is 0.0724. The predicted molar refractivity (Wildman–Crippen MR) is 104 cm³/mol. The summed E-state index contributed by atoms with van der Waals surface area (Å²) in [4.78, 5) is 21.0. The van der Waals surface area contributed by atoms with Crippen molar-refractivity contribution < 1.29 is 9.53 Å². The summed E-state index contributed by atoms with van der Waals surface area (Å²) >= 11 is 5.96. The zero-order chi connectivity index (χ0) is 18.4. The average molecular weight is 374 g/mol. The number of carbonyl (C=O) groups excluding carboxylic acids is 1. The maximum absolute atomic E-state index is 12.6. The van der Waals surface area contributed by atoms with Crippen LogP contribution in [-0.4, -0.2) is 49.1 Å². The smallest absolute Gasteiger partial charge is 0.254 e. The molecule has 1 aliphatic rings. The summed E-state index contributed by atoms with van der Waals surface area (Å²) in [6.45, 7) is 2.85. The molecule has 1 fully saturated rings. The van der Waals surface area contributed by atoms with Crippen molar-refractivity contribution >= 4 is 23.3 Å². The maximum atomic E-state index is 12.6. The van der Waals surface area contributed by atoms with Gasteiger partial charge < -0.3 is 14.5 Å². The molecule has 0 spiro atoms. The number of likely N-dealkylation sites (tertiary alicyclic amines) is 1. The van der Waals surface area contributed by atoms with Gasteiger partial charge in [-0.2, -0.15) is 0 Å². The second-order valence-corrected chi connectivity index (χ2v) is 6.92. The number of piperidine rings is 1. The van der Waals surface area contributed by atoms with E-state index in [2.05, 4.69) is 4.98 Å². The summed E-state index contributed by atoms with van der Waals surface area (Å²) in [6.07, 6.45) is 5.08. The number of carbonyl (C=O) groups is 1. The number of amides is 1. The number of likely N-dealkylation sites (N-methyl/N-ethyl adjacent to an activating group) is 1. The highest BCUT2D eigenvalue weighted by atomic mass is 35.5. The zero-order valence-electron chi connectivity index (χ0n) is 15.0. The summed E-state index contributed by atoms with van der Waals surface area (Å²) in [6, 6.07) is 11.0. The van der Waals surface area contributed by atoms with E-state index < -0.39 is 0 Å². The highest BCUT2D eigenvalue weighted by molar-refractivity contribution is 6.30. The van der Waals surface area contributed by atoms with Crippen molar-refractivity contribution in [2.75, 3.05) is 38.2 Å². The Morgan fingerprint density at radius 3 is 2.81 bits per heavy atom. The molecule has 0 saturated carbocycles. The molecule has 0 bridgehead atoms. The molecule has 6 heteroatoms. The lowest BCUT2D eigenvalue weighted by Gasteiger charge is -2.27. The van der Waals surface area contributed by atoms with Crippen LogP contribution in [0.1, 0.15) is 29.6 Å². The lowest BCUT2D eigenvalue weighted by Crippen LogP contribution is -2.35. The van der Waals surface area contributed by atoms with Gasteiger partial charge >= 0.3 is 0 Å². The summed E-state index contributed by atoms with van der Waals surface area (Å²) in [7, 11) is 1.94. The summed E-state index contributed by atoms with van der Waals surface area (Å²) in [5.41, 5.74) is 0.694. The van der Waals surface area contributed by atoms with E-state index in [4.69, 9.17) is 16.3 Å². The van der Waals surface area contributed by atoms with Crippen molar-refractivity contribution in [2.45, 2.75) is 19.3 Å². The van der Waals surface area contributed by atoms with Gasteiger partial charge in [-0.05, 0) is 49.6 Å². The first-order valence-electron chi connectivity index (χ1n) is 8.98. The normalized spacial score (nSPS) is 14.2. The molecule has 5 nitrogen and oxygen atoms in total. The average Bonchev–Trinajstić information content (AvgIpc) is 2.68. The number of benzene rings is 1. The fraction of sp³-hybridized carbons (Fsp3) is 0.400. The van der Waals surface area contributed by atoms with Crippen molar-refractivity contribution in [1.29, 1.82) is 0 Å². The Labute approximate surface area is 159 Å². The fourth-order valence-electron chi connectivity index (χ4n) is 3.01. The monoisotopic (exact) mass is 373 g/mol. The van der Waals surface area contributed by atoms with Crippen LogP contribution in [0.25, 0.3) is 0 Å². The highest BCUT2D eigenvalue weighted by Crippen LogP contribution is 2.18. The van der Waals surface area contributed by atoms with E-state index in [0.717, 1.165) is 37.5 Å². The van der Waals surface area contributed by atoms with E-state index in [1.165, 1.54) is 6.42 Å². The topological polar surface area (TPSA) is 45.7 Å². The van der Waals surface area contributed by atoms with E-state index in [-0.39, 0.29) is 5.91 Å². The number of aromatic nitrogens is 1. The standard InChI is InChI=1S/C20H24ClN3O2/c1-23(12-13-26-18-7-5-6-17(21)15-18)19-14-16(8-9-22-19)20(25)24-10-3-2-4-11-24/h5-9,14-15H,2-4,10-13H2,1H3. The van der Waals surface area contributed by atoms with Crippen LogP contribution in [0.3, 0.4) is 0 Å². The molecule has 1 aromatic heterocycles. The summed E-state index contributed by atoms with van der Waals surface area (Å²) in [5, 5.41) is 0.654. The Morgan fingerprint density at radius 2 is 2.04 bits per heavy atom. The molecule has 1 saturated heterocycles. The minimum atomic E-state index is 0.0944. The second-order valence-electron chi connectivity index (χ2n) is 6.48. The molecule has 0 unspecified atom stereocenters. The third-order valence-corrected chi connectivity index (χ3v) is 4.75. The molecule has 2 heterocycles. The molecule has 138 valence electrons. The van der Waals surface area contributed by atoms with Crippen LogP contribution in [0.2, 0.25) is 5.02 Å². The van der Waals surface area contributed by atoms with Gasteiger partial charge in [0.25, 0.3) is 5.91 Å². The Morgan fingerprint density at radius 1 is 1.23 bits per heavy atom. The number of nitrogens with zero attached hydrogens (tertiary/aromatic N) is 3. The van der Waals surface area contributed by atoms with Gasteiger partial charge in [-0.25, -0.2) is 4.98 Å². The summed E-state index contributed by atoms with van der Waals surface area (Å²) in [5.74, 6) is 1.60. The van der Waals surface area contributed by atoms with Crippen LogP contribution < -0.4 is 9.64 Å². The molecule has 0 atom stereocenters. The summed E-state index contributed by atoms with van der Waals surface area (Å²) < 4.78 is 5.72. The lowest BCUT2D eigenvalue weighted by atomic mass is 10.1. The number of rotatable bonds is 6. The molecule has 1 aliphatic heterocycles. The molecule has 1 aromatic carbocycles. The van der Waals surface area contributed by atoms with Crippen LogP contribution in [0.4, 0.5) is 5.82 Å². The van der Waals surface area contributed by atoms with E-state index in [1.54, 1.807) is 18.3 Å². The van der Waals surface area contributed by atoms with Crippen molar-refractivity contribution in [3.8, 4) is 5.75 Å². The van der Waals surface area contributed by atoms with Gasteiger partial charge in [0.05, 0.1) is 6.54 Å². The van der Waals surface area contributed by atoms with Crippen molar-refractivity contribution in [2.24, 2.45) is 0 Å². The number of anilines is 1. The van der Waals surface area contributed by atoms with Crippen LogP contribution in [-0.2, 0) is 0 Å². The molecule has 0 N–H and O–H groups in total. The first-order valence-corrected chi connectivity index (χ1v) is 9.36. The van der Waals surface area contributed by atoms with E-state index in [0.29, 0.717) is 23.7 Å². The van der Waals surface area contributed by atoms with Gasteiger partial charge in [-0.1, -0.05) is 17.7 Å². The SMILES string of the molecule is CN(CCOc1cccc(Cl)c1)c1cc(C(=O)N2CCCCC2)ccn1. The van der Waals surface area contributed by atoms with Crippen LogP contribution in [0.15, 0.2) is 42.6 Å². The molecule has 2 aromatic rings. The van der Waals surface area contributed by atoms with Crippen LogP contribution >= 0.6 is 11.6 Å². The first-order chi connectivity index (χ1) is 12.6. The molecular formula is C20H24ClN3O2. The van der Waals surface area contributed by atoms with E-state index >= 15 is 0 Å². The van der Waals surface area contributed by atoms with E-state index in [1.807, 2.05) is 41.1 Å². The molecule has 26 heavy (non-hydrogen) atoms. The van der Waals surface area contributed by atoms with Crippen LogP contribution in [0, 0.1) is 0 Å². The minimum absolute atomic E-state index is 0.0944. The zero-order valence-corrected chi connectivity index (χ0v) is 15.8. The number of hydrogen-bond donors (Lipinski definition) is 0. The molecule has 1 amide bonds. The minimum Gasteiger partial charge on any atom is -0.492 e. The van der Waals surface area contributed by atoms with Gasteiger partial charge in [0, 0.05) is 36.9 Å². The largest absolute Gasteiger partial charge is 0.492 e. The molecule has 0 aliphatic carbocycles. The second kappa shape index (κ2) is 8.90. The number of ether oxygens (including phenoxy) is 1. The Kier molecular flexibility index (Phi) is 6.34. The number of hydrogen-bond acceptors (Lipinski definition) is 4. The van der Waals surface area contributed by atoms with Gasteiger partial charge in [-0.15, -0.1) is 0 Å². The van der Waals surface area contributed by atoms with Gasteiger partial charge in [0.15, 0.2) is 0 Å². The third-order valence-electron chi connectivity index (χ3n) is 4.52. The predicted octanol–water partition coefficient (Wildman–Crippen LogP) is 3.88. The van der Waals surface area contributed by atoms with Crippen molar-refractivity contribution in [3.63, 3.8) is 0 Å². The fourth-order valence-corrected chi connectivity index (χ4v) is 3.19. The third kappa shape index (κ3) is 4.88. The Balaban J connectivity index is 1.57. The Bertz CT molecular complexity index is 747. The maximum Gasteiger partial charge on any atom is 0.254 e. The Hall–Kier alpha value is -2.27. The van der Waals surface area contributed by atoms with Crippen molar-refractivity contribution in [1.82, 2.24) is 9.88 Å². The highest BCUT2D eigenvalue weighted by Gasteiger charge is 2.19.